The van der Waals surface area contributed by atoms with E-state index in [4.69, 9.17) is 4.74 Å². The first-order chi connectivity index (χ1) is 15.1. The largest absolute Gasteiger partial charge is 0.499 e. The minimum atomic E-state index is -5.82. The van der Waals surface area contributed by atoms with Gasteiger partial charge in [-0.25, -0.2) is 0 Å². The van der Waals surface area contributed by atoms with Gasteiger partial charge in [0.05, 0.1) is 13.2 Å². The summed E-state index contributed by atoms with van der Waals surface area (Å²) in [6.07, 6.45) is -9.95. The van der Waals surface area contributed by atoms with Crippen molar-refractivity contribution < 1.29 is 36.2 Å². The quantitative estimate of drug-likeness (QED) is 0.450. The van der Waals surface area contributed by atoms with Gasteiger partial charge in [-0.3, -0.25) is 9.69 Å². The Balaban J connectivity index is 1.42. The predicted octanol–water partition coefficient (Wildman–Crippen LogP) is 5.08. The van der Waals surface area contributed by atoms with E-state index in [0.29, 0.717) is 26.1 Å². The second kappa shape index (κ2) is 8.78. The number of morpholine rings is 1. The number of halogens is 5. The number of ether oxygens (including phenoxy) is 2. The topological polar surface area (TPSA) is 38.8 Å². The molecule has 2 heterocycles. The number of benzene rings is 2. The predicted molar refractivity (Wildman–Crippen MR) is 106 cm³/mol. The third kappa shape index (κ3) is 4.78. The van der Waals surface area contributed by atoms with Crippen molar-refractivity contribution in [2.75, 3.05) is 13.2 Å². The van der Waals surface area contributed by atoms with Crippen molar-refractivity contribution in [2.45, 2.75) is 43.8 Å². The number of rotatable bonds is 6. The summed E-state index contributed by atoms with van der Waals surface area (Å²) < 4.78 is 72.5. The van der Waals surface area contributed by atoms with Crippen molar-refractivity contribution in [3.8, 4) is 5.75 Å². The van der Waals surface area contributed by atoms with Gasteiger partial charge in [-0.2, -0.15) is 22.0 Å². The van der Waals surface area contributed by atoms with Gasteiger partial charge < -0.3 is 9.47 Å². The van der Waals surface area contributed by atoms with Crippen LogP contribution in [0.1, 0.15) is 28.8 Å². The van der Waals surface area contributed by atoms with Crippen LogP contribution in [0.5, 0.6) is 5.75 Å². The highest BCUT2D eigenvalue weighted by molar-refractivity contribution is 5.98. The lowest BCUT2D eigenvalue weighted by Gasteiger charge is -2.48. The Morgan fingerprint density at radius 1 is 0.938 bits per heavy atom. The van der Waals surface area contributed by atoms with Gasteiger partial charge in [0.2, 0.25) is 0 Å². The summed E-state index contributed by atoms with van der Waals surface area (Å²) >= 11 is 0. The van der Waals surface area contributed by atoms with Crippen molar-refractivity contribution in [3.05, 3.63) is 65.7 Å². The van der Waals surface area contributed by atoms with E-state index in [1.807, 2.05) is 18.2 Å². The molecule has 2 aliphatic rings. The Morgan fingerprint density at radius 3 is 2.09 bits per heavy atom. The Hall–Kier alpha value is -2.52. The van der Waals surface area contributed by atoms with E-state index < -0.39 is 18.0 Å². The molecule has 0 spiro atoms. The third-order valence-electron chi connectivity index (χ3n) is 5.97. The summed E-state index contributed by atoms with van der Waals surface area (Å²) in [6, 6.07) is 14.6. The number of Topliss-reactive ketones (excluding diaryl/α,β-unsaturated/α-hetero) is 1. The number of piperidine rings is 1. The molecule has 32 heavy (non-hydrogen) atoms. The molecule has 2 aliphatic heterocycles. The fraction of sp³-hybridized carbons (Fsp3) is 0.435. The monoisotopic (exact) mass is 455 g/mol. The maximum absolute atomic E-state index is 13.1. The van der Waals surface area contributed by atoms with Crippen molar-refractivity contribution >= 4 is 5.78 Å². The Morgan fingerprint density at radius 2 is 1.53 bits per heavy atom. The summed E-state index contributed by atoms with van der Waals surface area (Å²) in [6.45, 7) is 1.80. The van der Waals surface area contributed by atoms with Crippen LogP contribution in [0.15, 0.2) is 54.6 Å². The van der Waals surface area contributed by atoms with Crippen LogP contribution in [0.2, 0.25) is 0 Å². The standard InChI is InChI=1S/C23H22F5NO3/c24-22(25,26)23(27,28)32-20-8-6-16(7-9-20)21(30)17-10-18-13-31-14-19(11-17)29(18)12-15-4-2-1-3-5-15/h1-9,17-19H,10-14H2. The molecule has 2 aromatic rings. The number of alkyl halides is 5. The van der Waals surface area contributed by atoms with Gasteiger partial charge in [0, 0.05) is 30.1 Å². The third-order valence-corrected chi connectivity index (χ3v) is 5.97. The summed E-state index contributed by atoms with van der Waals surface area (Å²) in [5, 5.41) is 0. The molecule has 172 valence electrons. The highest BCUT2D eigenvalue weighted by Gasteiger charge is 2.61. The lowest BCUT2D eigenvalue weighted by molar-refractivity contribution is -0.360. The highest BCUT2D eigenvalue weighted by atomic mass is 19.4. The maximum atomic E-state index is 13.1. The fourth-order valence-electron chi connectivity index (χ4n) is 4.39. The van der Waals surface area contributed by atoms with Crippen LogP contribution in [0.3, 0.4) is 0 Å². The summed E-state index contributed by atoms with van der Waals surface area (Å²) in [4.78, 5) is 15.4. The number of hydrogen-bond donors (Lipinski definition) is 0. The number of hydrogen-bond acceptors (Lipinski definition) is 4. The maximum Gasteiger partial charge on any atom is 0.499 e. The molecule has 4 rings (SSSR count). The minimum absolute atomic E-state index is 0.0738. The van der Waals surface area contributed by atoms with Gasteiger partial charge in [0.15, 0.2) is 5.78 Å². The van der Waals surface area contributed by atoms with Crippen molar-refractivity contribution in [1.82, 2.24) is 4.90 Å². The van der Waals surface area contributed by atoms with E-state index in [-0.39, 0.29) is 29.3 Å². The molecular formula is C23H22F5NO3. The van der Waals surface area contributed by atoms with Crippen molar-refractivity contribution in [1.29, 1.82) is 0 Å². The van der Waals surface area contributed by atoms with E-state index >= 15 is 0 Å². The number of nitrogens with zero attached hydrogens (tertiary/aromatic N) is 1. The lowest BCUT2D eigenvalue weighted by Crippen LogP contribution is -2.57. The molecule has 0 saturated carbocycles. The SMILES string of the molecule is O=C(c1ccc(OC(F)(F)C(F)(F)F)cc1)C1CC2COCC(C1)N2Cc1ccccc1. The van der Waals surface area contributed by atoms with Crippen molar-refractivity contribution in [3.63, 3.8) is 0 Å². The normalized spacial score (nSPS) is 24.2. The van der Waals surface area contributed by atoms with Gasteiger partial charge in [-0.15, -0.1) is 0 Å². The molecule has 0 amide bonds. The Labute approximate surface area is 181 Å². The first-order valence-electron chi connectivity index (χ1n) is 10.3. The molecule has 0 aromatic heterocycles. The van der Waals surface area contributed by atoms with Gasteiger partial charge in [-0.05, 0) is 42.7 Å². The molecule has 2 atom stereocenters. The summed E-state index contributed by atoms with van der Waals surface area (Å²) in [5.74, 6) is -1.09. The molecule has 9 heteroatoms. The number of carbonyl (C=O) groups is 1. The molecular weight excluding hydrogens is 433 g/mol. The zero-order valence-electron chi connectivity index (χ0n) is 17.0. The molecule has 0 aliphatic carbocycles. The van der Waals surface area contributed by atoms with Crippen LogP contribution in [0, 0.1) is 5.92 Å². The second-order valence-corrected chi connectivity index (χ2v) is 8.18. The molecule has 2 aromatic carbocycles. The first-order valence-corrected chi connectivity index (χ1v) is 10.3. The number of fused-ring (bicyclic) bond motifs is 2. The van der Waals surface area contributed by atoms with E-state index in [2.05, 4.69) is 21.8 Å². The molecule has 4 nitrogen and oxygen atoms in total. The smallest absolute Gasteiger partial charge is 0.426 e. The second-order valence-electron chi connectivity index (χ2n) is 8.18. The molecule has 2 bridgehead atoms. The summed E-state index contributed by atoms with van der Waals surface area (Å²) in [7, 11) is 0. The zero-order chi connectivity index (χ0) is 22.9. The van der Waals surface area contributed by atoms with Crippen LogP contribution in [-0.4, -0.2) is 48.3 Å². The van der Waals surface area contributed by atoms with Crippen LogP contribution >= 0.6 is 0 Å². The number of ketones is 1. The molecule has 2 saturated heterocycles. The molecule has 0 radical (unpaired) electrons. The van der Waals surface area contributed by atoms with Gasteiger partial charge >= 0.3 is 12.3 Å². The first kappa shape index (κ1) is 22.7. The highest BCUT2D eigenvalue weighted by Crippen LogP contribution is 2.38. The van der Waals surface area contributed by atoms with Gasteiger partial charge in [0.1, 0.15) is 5.75 Å². The van der Waals surface area contributed by atoms with Crippen LogP contribution in [0.4, 0.5) is 22.0 Å². The molecule has 2 fully saturated rings. The van der Waals surface area contributed by atoms with Crippen LogP contribution in [-0.2, 0) is 11.3 Å². The van der Waals surface area contributed by atoms with E-state index in [0.717, 1.165) is 18.7 Å². The van der Waals surface area contributed by atoms with Crippen LogP contribution < -0.4 is 4.74 Å². The van der Waals surface area contributed by atoms with Gasteiger partial charge in [-0.1, -0.05) is 30.3 Å². The van der Waals surface area contributed by atoms with Crippen molar-refractivity contribution in [2.24, 2.45) is 5.92 Å². The van der Waals surface area contributed by atoms with E-state index in [9.17, 15) is 26.7 Å². The van der Waals surface area contributed by atoms with E-state index in [1.54, 1.807) is 0 Å². The fourth-order valence-corrected chi connectivity index (χ4v) is 4.39. The molecule has 0 N–H and O–H groups in total. The van der Waals surface area contributed by atoms with E-state index in [1.165, 1.54) is 17.7 Å². The summed E-state index contributed by atoms with van der Waals surface area (Å²) in [5.41, 5.74) is 1.44. The lowest BCUT2D eigenvalue weighted by atomic mass is 9.80. The Kier molecular flexibility index (Phi) is 6.22. The Bertz CT molecular complexity index is 919. The minimum Gasteiger partial charge on any atom is -0.426 e. The number of carbonyl (C=O) groups excluding carboxylic acids is 1. The van der Waals surface area contributed by atoms with Gasteiger partial charge in [0.25, 0.3) is 0 Å². The zero-order valence-corrected chi connectivity index (χ0v) is 17.0. The molecule has 2 unspecified atom stereocenters. The average molecular weight is 455 g/mol. The average Bonchev–Trinajstić information content (AvgIpc) is 2.73. The van der Waals surface area contributed by atoms with Crippen LogP contribution in [0.25, 0.3) is 0 Å².